The van der Waals surface area contributed by atoms with E-state index in [2.05, 4.69) is 144 Å². The summed E-state index contributed by atoms with van der Waals surface area (Å²) in [5, 5.41) is 8.13. The molecule has 0 aliphatic rings. The first kappa shape index (κ1) is 27.2. The van der Waals surface area contributed by atoms with Crippen molar-refractivity contribution in [2.75, 3.05) is 0 Å². The Bertz CT molecular complexity index is 3080. The summed E-state index contributed by atoms with van der Waals surface area (Å²) in [7, 11) is 0. The fourth-order valence-electron chi connectivity index (χ4n) is 7.88. The van der Waals surface area contributed by atoms with Crippen molar-refractivity contribution in [1.82, 2.24) is 14.5 Å². The first-order valence-electron chi connectivity index (χ1n) is 16.9. The molecule has 0 amide bonds. The zero-order valence-corrected chi connectivity index (χ0v) is 26.8. The summed E-state index contributed by atoms with van der Waals surface area (Å²) >= 11 is 0. The third kappa shape index (κ3) is 3.93. The van der Waals surface area contributed by atoms with Crippen molar-refractivity contribution in [3.63, 3.8) is 0 Å². The predicted molar refractivity (Wildman–Crippen MR) is 206 cm³/mol. The summed E-state index contributed by atoms with van der Waals surface area (Å²) in [5.74, 6) is 0.662. The van der Waals surface area contributed by atoms with Gasteiger partial charge in [-0.05, 0) is 69.4 Å². The van der Waals surface area contributed by atoms with Gasteiger partial charge in [-0.2, -0.15) is 0 Å². The Labute approximate surface area is 286 Å². The molecule has 4 heteroatoms. The van der Waals surface area contributed by atoms with E-state index in [4.69, 9.17) is 14.4 Å². The van der Waals surface area contributed by atoms with Crippen LogP contribution in [0.4, 0.5) is 0 Å². The molecule has 0 radical (unpaired) electrons. The molecule has 50 heavy (non-hydrogen) atoms. The summed E-state index contributed by atoms with van der Waals surface area (Å²) in [6.07, 6.45) is 0. The number of nitrogens with zero attached hydrogens (tertiary/aromatic N) is 3. The van der Waals surface area contributed by atoms with Crippen molar-refractivity contribution in [3.05, 3.63) is 164 Å². The van der Waals surface area contributed by atoms with E-state index >= 15 is 0 Å². The average molecular weight is 638 g/mol. The van der Waals surface area contributed by atoms with Gasteiger partial charge in [0.2, 0.25) is 5.95 Å². The molecule has 0 unspecified atom stereocenters. The van der Waals surface area contributed by atoms with Crippen LogP contribution in [-0.2, 0) is 0 Å². The normalized spacial score (nSPS) is 12.0. The van der Waals surface area contributed by atoms with Gasteiger partial charge in [0.15, 0.2) is 0 Å². The van der Waals surface area contributed by atoms with E-state index in [9.17, 15) is 0 Å². The molecule has 0 N–H and O–H groups in total. The van der Waals surface area contributed by atoms with Crippen LogP contribution in [0.1, 0.15) is 0 Å². The van der Waals surface area contributed by atoms with Gasteiger partial charge < -0.3 is 4.42 Å². The quantitative estimate of drug-likeness (QED) is 0.180. The Kier molecular flexibility index (Phi) is 5.63. The number of rotatable bonds is 4. The van der Waals surface area contributed by atoms with Gasteiger partial charge in [-0.15, -0.1) is 0 Å². The molecule has 0 bridgehead atoms. The minimum Gasteiger partial charge on any atom is -0.456 e. The van der Waals surface area contributed by atoms with Crippen molar-refractivity contribution >= 4 is 65.4 Å². The van der Waals surface area contributed by atoms with Gasteiger partial charge in [0.25, 0.3) is 0 Å². The second-order valence-corrected chi connectivity index (χ2v) is 13.0. The van der Waals surface area contributed by atoms with E-state index in [1.54, 1.807) is 0 Å². The lowest BCUT2D eigenvalue weighted by atomic mass is 9.94. The van der Waals surface area contributed by atoms with Crippen LogP contribution < -0.4 is 0 Å². The molecule has 11 aromatic rings. The van der Waals surface area contributed by atoms with Gasteiger partial charge in [0, 0.05) is 32.5 Å². The molecular formula is C46H27N3O. The number of para-hydroxylation sites is 2. The third-order valence-corrected chi connectivity index (χ3v) is 10.2. The van der Waals surface area contributed by atoms with Crippen molar-refractivity contribution in [2.24, 2.45) is 0 Å². The highest BCUT2D eigenvalue weighted by molar-refractivity contribution is 6.26. The van der Waals surface area contributed by atoms with Crippen LogP contribution in [0.15, 0.2) is 168 Å². The van der Waals surface area contributed by atoms with Gasteiger partial charge in [-0.1, -0.05) is 127 Å². The second kappa shape index (κ2) is 10.4. The van der Waals surface area contributed by atoms with E-state index in [0.29, 0.717) is 5.95 Å². The largest absolute Gasteiger partial charge is 0.456 e. The SMILES string of the molecule is c1ccc(-c2ccc(-c3nc(-n4c5cccc6ccc7c(-c8ccc9oc%10ccccc%10c9c8)ccc4c7c65)nc4ccccc34)cc2)cc1. The first-order chi connectivity index (χ1) is 24.8. The van der Waals surface area contributed by atoms with Crippen LogP contribution >= 0.6 is 0 Å². The van der Waals surface area contributed by atoms with Crippen molar-refractivity contribution in [1.29, 1.82) is 0 Å². The van der Waals surface area contributed by atoms with Crippen LogP contribution in [-0.4, -0.2) is 14.5 Å². The monoisotopic (exact) mass is 637 g/mol. The number of fused-ring (bicyclic) bond motifs is 4. The lowest BCUT2D eigenvalue weighted by molar-refractivity contribution is 0.669. The van der Waals surface area contributed by atoms with Crippen LogP contribution in [0.5, 0.6) is 0 Å². The number of benzene rings is 8. The molecule has 8 aromatic carbocycles. The average Bonchev–Trinajstić information content (AvgIpc) is 3.73. The summed E-state index contributed by atoms with van der Waals surface area (Å²) in [6.45, 7) is 0. The summed E-state index contributed by atoms with van der Waals surface area (Å²) in [5.41, 5.74) is 11.6. The van der Waals surface area contributed by atoms with Crippen molar-refractivity contribution < 1.29 is 4.42 Å². The van der Waals surface area contributed by atoms with E-state index in [1.165, 1.54) is 38.2 Å². The Hall–Kier alpha value is -6.78. The molecule has 4 nitrogen and oxygen atoms in total. The zero-order valence-electron chi connectivity index (χ0n) is 26.8. The first-order valence-corrected chi connectivity index (χ1v) is 16.9. The molecule has 3 aromatic heterocycles. The van der Waals surface area contributed by atoms with Crippen LogP contribution in [0, 0.1) is 0 Å². The maximum atomic E-state index is 6.16. The Morgan fingerprint density at radius 3 is 2.04 bits per heavy atom. The minimum atomic E-state index is 0.662. The van der Waals surface area contributed by atoms with Crippen LogP contribution in [0.25, 0.3) is 105 Å². The molecule has 0 aliphatic heterocycles. The second-order valence-electron chi connectivity index (χ2n) is 13.0. The maximum Gasteiger partial charge on any atom is 0.235 e. The molecule has 11 rings (SSSR count). The zero-order chi connectivity index (χ0) is 32.8. The molecule has 0 saturated heterocycles. The van der Waals surface area contributed by atoms with E-state index < -0.39 is 0 Å². The highest BCUT2D eigenvalue weighted by Gasteiger charge is 2.22. The Morgan fingerprint density at radius 1 is 0.420 bits per heavy atom. The molecule has 0 saturated carbocycles. The van der Waals surface area contributed by atoms with Gasteiger partial charge in [0.1, 0.15) is 11.2 Å². The standard InChI is InChI=1S/C46H27N3O/c1-2-9-28(10-3-1)29-17-19-31(20-18-29)45-36-13-4-6-14-38(36)47-46(48-45)49-39-15-8-11-30-21-23-35-33(24-25-40(49)44(35)43(30)39)32-22-26-42-37(27-32)34-12-5-7-16-41(34)50-42/h1-27H. The van der Waals surface area contributed by atoms with Crippen molar-refractivity contribution in [3.8, 4) is 39.5 Å². The van der Waals surface area contributed by atoms with Gasteiger partial charge >= 0.3 is 0 Å². The summed E-state index contributed by atoms with van der Waals surface area (Å²) < 4.78 is 8.40. The topological polar surface area (TPSA) is 43.9 Å². The summed E-state index contributed by atoms with van der Waals surface area (Å²) in [6, 6.07) is 57.8. The smallest absolute Gasteiger partial charge is 0.235 e. The van der Waals surface area contributed by atoms with Gasteiger partial charge in [-0.25, -0.2) is 9.97 Å². The lowest BCUT2D eigenvalue weighted by Crippen LogP contribution is -2.03. The Balaban J connectivity index is 1.14. The van der Waals surface area contributed by atoms with E-state index in [-0.39, 0.29) is 0 Å². The number of hydrogen-bond acceptors (Lipinski definition) is 3. The molecular weight excluding hydrogens is 611 g/mol. The van der Waals surface area contributed by atoms with Crippen LogP contribution in [0.3, 0.4) is 0 Å². The van der Waals surface area contributed by atoms with Gasteiger partial charge in [-0.3, -0.25) is 4.57 Å². The van der Waals surface area contributed by atoms with E-state index in [0.717, 1.165) is 60.7 Å². The van der Waals surface area contributed by atoms with Crippen LogP contribution in [0.2, 0.25) is 0 Å². The summed E-state index contributed by atoms with van der Waals surface area (Å²) in [4.78, 5) is 10.6. The fourth-order valence-corrected chi connectivity index (χ4v) is 7.88. The highest BCUT2D eigenvalue weighted by Crippen LogP contribution is 2.43. The number of hydrogen-bond donors (Lipinski definition) is 0. The maximum absolute atomic E-state index is 6.16. The lowest BCUT2D eigenvalue weighted by Gasteiger charge is -2.12. The number of aromatic nitrogens is 3. The molecule has 0 spiro atoms. The fraction of sp³-hybridized carbons (Fsp3) is 0. The Morgan fingerprint density at radius 2 is 1.14 bits per heavy atom. The third-order valence-electron chi connectivity index (χ3n) is 10.2. The van der Waals surface area contributed by atoms with Gasteiger partial charge in [0.05, 0.1) is 22.2 Å². The highest BCUT2D eigenvalue weighted by atomic mass is 16.3. The minimum absolute atomic E-state index is 0.662. The molecule has 232 valence electrons. The molecule has 0 atom stereocenters. The molecule has 0 aliphatic carbocycles. The number of furan rings is 1. The van der Waals surface area contributed by atoms with E-state index in [1.807, 2.05) is 24.3 Å². The van der Waals surface area contributed by atoms with Crippen molar-refractivity contribution in [2.45, 2.75) is 0 Å². The molecule has 3 heterocycles. The predicted octanol–water partition coefficient (Wildman–Crippen LogP) is 12.2. The molecule has 0 fully saturated rings.